The van der Waals surface area contributed by atoms with Crippen molar-refractivity contribution in [3.63, 3.8) is 0 Å². The molecule has 0 aliphatic carbocycles. The first kappa shape index (κ1) is 20.4. The Morgan fingerprint density at radius 1 is 1.10 bits per heavy atom. The maximum Gasteiger partial charge on any atom is 0.270 e. The molecule has 7 heteroatoms. The van der Waals surface area contributed by atoms with Gasteiger partial charge in [0.15, 0.2) is 10.9 Å². The van der Waals surface area contributed by atoms with E-state index < -0.39 is 0 Å². The van der Waals surface area contributed by atoms with Crippen molar-refractivity contribution in [2.75, 3.05) is 31.1 Å². The number of likely N-dealkylation sites (tertiary alicyclic amines) is 1. The number of carbonyl (C=O) groups is 1. The van der Waals surface area contributed by atoms with E-state index >= 15 is 0 Å². The molecule has 0 saturated carbocycles. The number of rotatable bonds is 7. The summed E-state index contributed by atoms with van der Waals surface area (Å²) in [5, 5.41) is 5.71. The Hall–Kier alpha value is -2.48. The topological polar surface area (TPSA) is 49.6 Å². The number of thiophene rings is 1. The third-order valence-corrected chi connectivity index (χ3v) is 7.40. The quantitative estimate of drug-likeness (QED) is 0.339. The van der Waals surface area contributed by atoms with Gasteiger partial charge in [-0.1, -0.05) is 30.7 Å². The number of amides is 1. The number of hydrogen-bond acceptors (Lipinski definition) is 6. The van der Waals surface area contributed by atoms with Gasteiger partial charge < -0.3 is 9.32 Å². The number of fused-ring (bicyclic) bond motifs is 1. The maximum atomic E-state index is 13.2. The number of hydrogen-bond donors (Lipinski definition) is 0. The average Bonchev–Trinajstić information content (AvgIpc) is 3.57. The van der Waals surface area contributed by atoms with E-state index in [9.17, 15) is 4.79 Å². The fourth-order valence-corrected chi connectivity index (χ4v) is 5.57. The largest absolute Gasteiger partial charge is 0.454 e. The molecule has 1 aliphatic heterocycles. The van der Waals surface area contributed by atoms with Gasteiger partial charge in [0.2, 0.25) is 0 Å². The Bertz CT molecular complexity index is 1110. The minimum absolute atomic E-state index is 0.0270. The summed E-state index contributed by atoms with van der Waals surface area (Å²) in [7, 11) is 0. The number of carbonyl (C=O) groups excluding carboxylic acids is 1. The van der Waals surface area contributed by atoms with E-state index in [1.54, 1.807) is 0 Å². The zero-order chi connectivity index (χ0) is 21.0. The lowest BCUT2D eigenvalue weighted by molar-refractivity contribution is 0.0989. The first-order chi connectivity index (χ1) is 15.3. The van der Waals surface area contributed by atoms with Crippen molar-refractivity contribution >= 4 is 44.7 Å². The molecule has 1 aromatic carbocycles. The minimum Gasteiger partial charge on any atom is -0.454 e. The van der Waals surface area contributed by atoms with Crippen molar-refractivity contribution < 1.29 is 9.21 Å². The fourth-order valence-electron chi connectivity index (χ4n) is 4.06. The Morgan fingerprint density at radius 3 is 2.77 bits per heavy atom. The van der Waals surface area contributed by atoms with Gasteiger partial charge in [0, 0.05) is 17.3 Å². The highest BCUT2D eigenvalue weighted by atomic mass is 32.1. The second-order valence-electron chi connectivity index (χ2n) is 7.85. The number of nitrogens with zero attached hydrogens (tertiary/aromatic N) is 3. The molecule has 3 aromatic heterocycles. The van der Waals surface area contributed by atoms with Gasteiger partial charge >= 0.3 is 0 Å². The van der Waals surface area contributed by atoms with Crippen molar-refractivity contribution in [2.45, 2.75) is 25.7 Å². The Labute approximate surface area is 189 Å². The standard InChI is InChI=1S/C24H25N3O2S2/c28-23(22-10-6-15-30-22)27(14-7-13-26-11-4-1-5-12-26)24-25-19(17-31-24)21-16-18-8-2-3-9-20(18)29-21/h2-3,6,8-10,15-17H,1,4-5,7,11-14H2. The maximum absolute atomic E-state index is 13.2. The third kappa shape index (κ3) is 4.59. The van der Waals surface area contributed by atoms with E-state index in [1.165, 1.54) is 55.0 Å². The van der Waals surface area contributed by atoms with Crippen molar-refractivity contribution in [3.8, 4) is 11.5 Å². The van der Waals surface area contributed by atoms with Gasteiger partial charge in [0.05, 0.1) is 4.88 Å². The van der Waals surface area contributed by atoms with Crippen LogP contribution in [0.25, 0.3) is 22.4 Å². The Balaban J connectivity index is 1.36. The van der Waals surface area contributed by atoms with Crippen LogP contribution >= 0.6 is 22.7 Å². The molecule has 0 atom stereocenters. The van der Waals surface area contributed by atoms with E-state index in [0.29, 0.717) is 6.54 Å². The van der Waals surface area contributed by atoms with Crippen LogP contribution in [0.4, 0.5) is 5.13 Å². The van der Waals surface area contributed by atoms with E-state index in [2.05, 4.69) is 4.90 Å². The lowest BCUT2D eigenvalue weighted by Crippen LogP contribution is -2.35. The number of aromatic nitrogens is 1. The predicted molar refractivity (Wildman–Crippen MR) is 128 cm³/mol. The minimum atomic E-state index is 0.0270. The normalized spacial score (nSPS) is 14.8. The number of anilines is 1. The highest BCUT2D eigenvalue weighted by molar-refractivity contribution is 7.14. The van der Waals surface area contributed by atoms with E-state index in [1.807, 2.05) is 58.1 Å². The molecule has 0 spiro atoms. The van der Waals surface area contributed by atoms with Crippen molar-refractivity contribution in [1.29, 1.82) is 0 Å². The smallest absolute Gasteiger partial charge is 0.270 e. The van der Waals surface area contributed by atoms with Crippen LogP contribution in [0, 0.1) is 0 Å². The summed E-state index contributed by atoms with van der Waals surface area (Å²) in [5.74, 6) is 0.764. The zero-order valence-corrected chi connectivity index (χ0v) is 19.0. The van der Waals surface area contributed by atoms with E-state index in [-0.39, 0.29) is 5.91 Å². The number of piperidine rings is 1. The van der Waals surface area contributed by atoms with Crippen LogP contribution in [0.15, 0.2) is 57.6 Å². The Kier molecular flexibility index (Phi) is 6.15. The third-order valence-electron chi connectivity index (χ3n) is 5.68. The molecule has 0 bridgehead atoms. The molecule has 4 aromatic rings. The summed E-state index contributed by atoms with van der Waals surface area (Å²) >= 11 is 2.98. The van der Waals surface area contributed by atoms with Crippen molar-refractivity contribution in [1.82, 2.24) is 9.88 Å². The molecule has 1 fully saturated rings. The molecule has 1 amide bonds. The van der Waals surface area contributed by atoms with Gasteiger partial charge in [-0.15, -0.1) is 22.7 Å². The van der Waals surface area contributed by atoms with Crippen LogP contribution in [0.5, 0.6) is 0 Å². The second kappa shape index (κ2) is 9.34. The summed E-state index contributed by atoms with van der Waals surface area (Å²) in [5.41, 5.74) is 1.62. The predicted octanol–water partition coefficient (Wildman–Crippen LogP) is 6.14. The van der Waals surface area contributed by atoms with Gasteiger partial charge in [-0.25, -0.2) is 4.98 Å². The summed E-state index contributed by atoms with van der Waals surface area (Å²) < 4.78 is 5.98. The molecule has 5 rings (SSSR count). The van der Waals surface area contributed by atoms with Crippen molar-refractivity contribution in [2.24, 2.45) is 0 Å². The molecule has 0 radical (unpaired) electrons. The molecule has 1 saturated heterocycles. The molecular formula is C24H25N3O2S2. The highest BCUT2D eigenvalue weighted by Crippen LogP contribution is 2.32. The van der Waals surface area contributed by atoms with Gasteiger partial charge in [-0.05, 0) is 62.5 Å². The molecule has 31 heavy (non-hydrogen) atoms. The zero-order valence-electron chi connectivity index (χ0n) is 17.3. The number of thiazole rings is 1. The molecule has 160 valence electrons. The van der Waals surface area contributed by atoms with Gasteiger partial charge in [-0.3, -0.25) is 9.69 Å². The van der Waals surface area contributed by atoms with Gasteiger partial charge in [0.1, 0.15) is 11.3 Å². The van der Waals surface area contributed by atoms with Gasteiger partial charge in [0.25, 0.3) is 5.91 Å². The fraction of sp³-hybridized carbons (Fsp3) is 0.333. The molecular weight excluding hydrogens is 426 g/mol. The summed E-state index contributed by atoms with van der Waals surface area (Å²) in [6.07, 6.45) is 4.84. The first-order valence-electron chi connectivity index (χ1n) is 10.8. The highest BCUT2D eigenvalue weighted by Gasteiger charge is 2.23. The molecule has 0 unspecified atom stereocenters. The number of furan rings is 1. The summed E-state index contributed by atoms with van der Waals surface area (Å²) in [4.78, 5) is 23.1. The van der Waals surface area contributed by atoms with Gasteiger partial charge in [-0.2, -0.15) is 0 Å². The van der Waals surface area contributed by atoms with Crippen LogP contribution < -0.4 is 4.90 Å². The average molecular weight is 452 g/mol. The van der Waals surface area contributed by atoms with E-state index in [0.717, 1.165) is 45.4 Å². The lowest BCUT2D eigenvalue weighted by Gasteiger charge is -2.27. The van der Waals surface area contributed by atoms with Crippen LogP contribution in [0.1, 0.15) is 35.4 Å². The monoisotopic (exact) mass is 451 g/mol. The number of benzene rings is 1. The van der Waals surface area contributed by atoms with Crippen molar-refractivity contribution in [3.05, 3.63) is 58.1 Å². The second-order valence-corrected chi connectivity index (χ2v) is 9.64. The Morgan fingerprint density at radius 2 is 1.97 bits per heavy atom. The molecule has 1 aliphatic rings. The molecule has 5 nitrogen and oxygen atoms in total. The first-order valence-corrected chi connectivity index (χ1v) is 12.6. The SMILES string of the molecule is O=C(c1cccs1)N(CCCN1CCCCC1)c1nc(-c2cc3ccccc3o2)cs1. The van der Waals surface area contributed by atoms with Crippen LogP contribution in [0.3, 0.4) is 0 Å². The summed E-state index contributed by atoms with van der Waals surface area (Å²) in [6.45, 7) is 4.04. The summed E-state index contributed by atoms with van der Waals surface area (Å²) in [6, 6.07) is 13.8. The van der Waals surface area contributed by atoms with Crippen LogP contribution in [-0.2, 0) is 0 Å². The van der Waals surface area contributed by atoms with Crippen LogP contribution in [-0.4, -0.2) is 42.0 Å². The lowest BCUT2D eigenvalue weighted by atomic mass is 10.1. The molecule has 4 heterocycles. The molecule has 0 N–H and O–H groups in total. The van der Waals surface area contributed by atoms with E-state index in [4.69, 9.17) is 9.40 Å². The number of para-hydroxylation sites is 1. The van der Waals surface area contributed by atoms with Crippen LogP contribution in [0.2, 0.25) is 0 Å².